The fourth-order valence-electron chi connectivity index (χ4n) is 0.187. The SMILES string of the molecule is CC(CO)O[P+](=O)O. The molecule has 5 heteroatoms. The lowest BCUT2D eigenvalue weighted by atomic mass is 10.5. The number of aliphatic hydroxyl groups is 1. The molecule has 8 heavy (non-hydrogen) atoms. The van der Waals surface area contributed by atoms with Crippen LogP contribution in [0.25, 0.3) is 0 Å². The molecule has 0 rings (SSSR count). The number of aliphatic hydroxyl groups excluding tert-OH is 1. The van der Waals surface area contributed by atoms with Gasteiger partial charge in [-0.2, -0.15) is 0 Å². The molecule has 48 valence electrons. The topological polar surface area (TPSA) is 66.8 Å². The lowest BCUT2D eigenvalue weighted by molar-refractivity contribution is 0.124. The molecule has 0 aliphatic rings. The first-order valence-electron chi connectivity index (χ1n) is 2.10. The zero-order chi connectivity index (χ0) is 6.57. The fraction of sp³-hybridized carbons (Fsp3) is 1.00. The summed E-state index contributed by atoms with van der Waals surface area (Å²) >= 11 is 0. The molecular weight excluding hydrogens is 131 g/mol. The minimum atomic E-state index is -2.56. The molecule has 0 aliphatic carbocycles. The van der Waals surface area contributed by atoms with Crippen molar-refractivity contribution < 1.29 is 19.1 Å². The minimum Gasteiger partial charge on any atom is -0.393 e. The summed E-state index contributed by atoms with van der Waals surface area (Å²) in [5.74, 6) is 0. The van der Waals surface area contributed by atoms with Crippen molar-refractivity contribution in [3.63, 3.8) is 0 Å². The number of rotatable bonds is 3. The maximum Gasteiger partial charge on any atom is 0.695 e. The van der Waals surface area contributed by atoms with Crippen molar-refractivity contribution in [3.8, 4) is 0 Å². The Balaban J connectivity index is 3.24. The van der Waals surface area contributed by atoms with Crippen LogP contribution in [0.15, 0.2) is 0 Å². The van der Waals surface area contributed by atoms with Crippen LogP contribution >= 0.6 is 8.25 Å². The molecule has 0 saturated carbocycles. The standard InChI is InChI=1S/C3H7O4P/c1-3(2-4)7-8(5)6/h3-4H,2H2,1H3/p+1. The van der Waals surface area contributed by atoms with Gasteiger partial charge in [0, 0.05) is 4.57 Å². The van der Waals surface area contributed by atoms with E-state index >= 15 is 0 Å². The quantitative estimate of drug-likeness (QED) is 0.541. The Morgan fingerprint density at radius 2 is 2.38 bits per heavy atom. The lowest BCUT2D eigenvalue weighted by Gasteiger charge is -1.93. The van der Waals surface area contributed by atoms with E-state index in [0.717, 1.165) is 0 Å². The third-order valence-electron chi connectivity index (χ3n) is 0.527. The molecule has 2 unspecified atom stereocenters. The first-order chi connectivity index (χ1) is 3.66. The Kier molecular flexibility index (Phi) is 3.91. The second kappa shape index (κ2) is 3.92. The molecule has 0 aliphatic heterocycles. The van der Waals surface area contributed by atoms with E-state index in [9.17, 15) is 4.57 Å². The predicted octanol–water partition coefficient (Wildman–Crippen LogP) is 0.0335. The second-order valence-electron chi connectivity index (χ2n) is 1.34. The molecule has 0 aromatic rings. The Morgan fingerprint density at radius 1 is 1.88 bits per heavy atom. The Bertz CT molecular complexity index is 83.4. The van der Waals surface area contributed by atoms with Crippen LogP contribution in [0, 0.1) is 0 Å². The molecule has 0 heterocycles. The van der Waals surface area contributed by atoms with E-state index in [4.69, 9.17) is 10.00 Å². The van der Waals surface area contributed by atoms with Crippen molar-refractivity contribution in [2.45, 2.75) is 13.0 Å². The zero-order valence-electron chi connectivity index (χ0n) is 4.44. The number of hydrogen-bond donors (Lipinski definition) is 2. The minimum absolute atomic E-state index is 0.234. The number of hydrogen-bond acceptors (Lipinski definition) is 3. The summed E-state index contributed by atoms with van der Waals surface area (Å²) in [5.41, 5.74) is 0. The summed E-state index contributed by atoms with van der Waals surface area (Å²) in [4.78, 5) is 8.03. The van der Waals surface area contributed by atoms with E-state index in [-0.39, 0.29) is 6.61 Å². The Morgan fingerprint density at radius 3 is 2.50 bits per heavy atom. The maximum absolute atomic E-state index is 9.78. The Hall–Kier alpha value is -0.0200. The first-order valence-corrected chi connectivity index (χ1v) is 3.23. The summed E-state index contributed by atoms with van der Waals surface area (Å²) in [7, 11) is -2.56. The molecule has 0 spiro atoms. The highest BCUT2D eigenvalue weighted by molar-refractivity contribution is 7.32. The molecule has 0 aromatic carbocycles. The molecule has 0 fully saturated rings. The molecule has 0 amide bonds. The maximum atomic E-state index is 9.78. The average molecular weight is 139 g/mol. The molecule has 2 atom stereocenters. The predicted molar refractivity (Wildman–Crippen MR) is 27.5 cm³/mol. The molecule has 2 N–H and O–H groups in total. The van der Waals surface area contributed by atoms with Gasteiger partial charge in [0.05, 0.1) is 6.61 Å². The van der Waals surface area contributed by atoms with Crippen LogP contribution in [0.2, 0.25) is 0 Å². The molecule has 0 radical (unpaired) electrons. The summed E-state index contributed by atoms with van der Waals surface area (Å²) < 4.78 is 14.0. The molecule has 4 nitrogen and oxygen atoms in total. The summed E-state index contributed by atoms with van der Waals surface area (Å²) in [6.45, 7) is 1.27. The highest BCUT2D eigenvalue weighted by atomic mass is 31.1. The first kappa shape index (κ1) is 7.98. The van der Waals surface area contributed by atoms with Gasteiger partial charge in [0.2, 0.25) is 0 Å². The lowest BCUT2D eigenvalue weighted by Crippen LogP contribution is -2.07. The van der Waals surface area contributed by atoms with E-state index in [1.165, 1.54) is 6.92 Å². The van der Waals surface area contributed by atoms with E-state index < -0.39 is 14.4 Å². The zero-order valence-corrected chi connectivity index (χ0v) is 5.34. The van der Waals surface area contributed by atoms with E-state index in [1.807, 2.05) is 0 Å². The van der Waals surface area contributed by atoms with Gasteiger partial charge in [-0.25, -0.2) is 0 Å². The summed E-state index contributed by atoms with van der Waals surface area (Å²) in [6.07, 6.45) is -0.552. The van der Waals surface area contributed by atoms with Gasteiger partial charge in [0.25, 0.3) is 0 Å². The van der Waals surface area contributed by atoms with E-state index in [1.54, 1.807) is 0 Å². The van der Waals surface area contributed by atoms with Crippen molar-refractivity contribution in [3.05, 3.63) is 0 Å². The fourth-order valence-corrected chi connectivity index (χ4v) is 0.562. The molecular formula is C3H8O4P+. The highest BCUT2D eigenvalue weighted by Gasteiger charge is 2.16. The van der Waals surface area contributed by atoms with Crippen molar-refractivity contribution in [1.29, 1.82) is 0 Å². The van der Waals surface area contributed by atoms with Gasteiger partial charge in [0.15, 0.2) is 0 Å². The monoisotopic (exact) mass is 139 g/mol. The third kappa shape index (κ3) is 4.15. The van der Waals surface area contributed by atoms with Crippen LogP contribution in [0.1, 0.15) is 6.92 Å². The van der Waals surface area contributed by atoms with Crippen molar-refractivity contribution in [2.24, 2.45) is 0 Å². The molecule has 0 aromatic heterocycles. The van der Waals surface area contributed by atoms with E-state index in [0.29, 0.717) is 0 Å². The van der Waals surface area contributed by atoms with Crippen LogP contribution in [-0.2, 0) is 9.09 Å². The summed E-state index contributed by atoms with van der Waals surface area (Å²) in [5, 5.41) is 8.22. The van der Waals surface area contributed by atoms with Gasteiger partial charge < -0.3 is 5.11 Å². The van der Waals surface area contributed by atoms with Gasteiger partial charge >= 0.3 is 8.25 Å². The van der Waals surface area contributed by atoms with Crippen LogP contribution in [0.5, 0.6) is 0 Å². The van der Waals surface area contributed by atoms with Crippen LogP contribution in [0.4, 0.5) is 0 Å². The highest BCUT2D eigenvalue weighted by Crippen LogP contribution is 2.16. The molecule has 0 bridgehead atoms. The van der Waals surface area contributed by atoms with Crippen molar-refractivity contribution >= 4 is 8.25 Å². The normalized spacial score (nSPS) is 15.6. The average Bonchev–Trinajstić information content (AvgIpc) is 1.65. The smallest absolute Gasteiger partial charge is 0.393 e. The van der Waals surface area contributed by atoms with Gasteiger partial charge in [0.1, 0.15) is 6.10 Å². The van der Waals surface area contributed by atoms with Crippen LogP contribution in [0.3, 0.4) is 0 Å². The summed E-state index contributed by atoms with van der Waals surface area (Å²) in [6, 6.07) is 0. The van der Waals surface area contributed by atoms with Gasteiger partial charge in [-0.15, -0.1) is 9.42 Å². The van der Waals surface area contributed by atoms with Gasteiger partial charge in [-0.1, -0.05) is 0 Å². The van der Waals surface area contributed by atoms with Gasteiger partial charge in [-0.05, 0) is 6.92 Å². The molecule has 0 saturated heterocycles. The Labute approximate surface area is 48.0 Å². The van der Waals surface area contributed by atoms with Gasteiger partial charge in [-0.3, -0.25) is 0 Å². The third-order valence-corrected chi connectivity index (χ3v) is 1.07. The van der Waals surface area contributed by atoms with Crippen molar-refractivity contribution in [2.75, 3.05) is 6.61 Å². The van der Waals surface area contributed by atoms with E-state index in [2.05, 4.69) is 4.52 Å². The largest absolute Gasteiger partial charge is 0.695 e. The second-order valence-corrected chi connectivity index (χ2v) is 2.02. The van der Waals surface area contributed by atoms with Crippen molar-refractivity contribution in [1.82, 2.24) is 0 Å². The van der Waals surface area contributed by atoms with Crippen LogP contribution in [-0.4, -0.2) is 22.7 Å². The van der Waals surface area contributed by atoms with Crippen LogP contribution < -0.4 is 0 Å².